The predicted octanol–water partition coefficient (Wildman–Crippen LogP) is 1.61. The number of alkyl halides is 2. The van der Waals surface area contributed by atoms with Gasteiger partial charge in [-0.05, 0) is 12.1 Å². The van der Waals surface area contributed by atoms with E-state index in [1.54, 1.807) is 0 Å². The second-order valence-corrected chi connectivity index (χ2v) is 3.92. The highest BCUT2D eigenvalue weighted by molar-refractivity contribution is 5.92. The van der Waals surface area contributed by atoms with Crippen LogP contribution in [0.5, 0.6) is 11.5 Å². The van der Waals surface area contributed by atoms with E-state index in [2.05, 4.69) is 14.8 Å². The quantitative estimate of drug-likeness (QED) is 0.806. The summed E-state index contributed by atoms with van der Waals surface area (Å²) in [7, 11) is 1.52. The van der Waals surface area contributed by atoms with Gasteiger partial charge >= 0.3 is 6.29 Å². The van der Waals surface area contributed by atoms with E-state index in [9.17, 15) is 13.6 Å². The Morgan fingerprint density at radius 3 is 2.80 bits per heavy atom. The van der Waals surface area contributed by atoms with Crippen LogP contribution < -0.4 is 14.8 Å². The van der Waals surface area contributed by atoms with Gasteiger partial charge in [-0.25, -0.2) is 0 Å². The van der Waals surface area contributed by atoms with E-state index < -0.39 is 12.2 Å². The molecule has 1 aromatic rings. The van der Waals surface area contributed by atoms with Gasteiger partial charge in [0.2, 0.25) is 5.91 Å². The molecule has 1 aliphatic heterocycles. The standard InChI is InChI=1S/C12H13F2NO5/c1-17-4-5-18-7-11(16)15-8-2-3-9-10(6-8)20-12(13,14)19-9/h2-3,6H,4-5,7H2,1H3,(H,15,16). The minimum absolute atomic E-state index is 0.0793. The Kier molecular flexibility index (Phi) is 4.35. The molecular weight excluding hydrogens is 276 g/mol. The maximum atomic E-state index is 12.8. The van der Waals surface area contributed by atoms with Crippen molar-refractivity contribution in [1.82, 2.24) is 0 Å². The van der Waals surface area contributed by atoms with Crippen molar-refractivity contribution < 1.29 is 32.5 Å². The average Bonchev–Trinajstić information content (AvgIpc) is 2.68. The lowest BCUT2D eigenvalue weighted by Gasteiger charge is -2.06. The van der Waals surface area contributed by atoms with Gasteiger partial charge in [0.15, 0.2) is 11.5 Å². The molecule has 0 radical (unpaired) electrons. The summed E-state index contributed by atoms with van der Waals surface area (Å²) in [5, 5.41) is 2.49. The summed E-state index contributed by atoms with van der Waals surface area (Å²) in [6.07, 6.45) is -3.67. The minimum Gasteiger partial charge on any atom is -0.395 e. The summed E-state index contributed by atoms with van der Waals surface area (Å²) < 4.78 is 43.9. The zero-order valence-electron chi connectivity index (χ0n) is 10.7. The van der Waals surface area contributed by atoms with Crippen molar-refractivity contribution in [2.75, 3.05) is 32.2 Å². The Hall–Kier alpha value is -1.93. The van der Waals surface area contributed by atoms with Crippen LogP contribution in [0.25, 0.3) is 0 Å². The third-order valence-corrected chi connectivity index (χ3v) is 2.35. The summed E-state index contributed by atoms with van der Waals surface area (Å²) >= 11 is 0. The van der Waals surface area contributed by atoms with E-state index in [0.717, 1.165) is 0 Å². The van der Waals surface area contributed by atoms with E-state index in [4.69, 9.17) is 9.47 Å². The number of fused-ring (bicyclic) bond motifs is 1. The summed E-state index contributed by atoms with van der Waals surface area (Å²) in [6.45, 7) is 0.512. The maximum absolute atomic E-state index is 12.8. The molecule has 0 saturated carbocycles. The molecular formula is C12H13F2NO5. The Labute approximate surface area is 113 Å². The molecule has 1 amide bonds. The monoisotopic (exact) mass is 289 g/mol. The highest BCUT2D eigenvalue weighted by atomic mass is 19.3. The molecule has 0 bridgehead atoms. The second-order valence-electron chi connectivity index (χ2n) is 3.92. The molecule has 110 valence electrons. The van der Waals surface area contributed by atoms with Crippen LogP contribution in [0.2, 0.25) is 0 Å². The number of hydrogen-bond acceptors (Lipinski definition) is 5. The Balaban J connectivity index is 1.87. The maximum Gasteiger partial charge on any atom is 0.586 e. The van der Waals surface area contributed by atoms with Gasteiger partial charge in [-0.2, -0.15) is 0 Å². The molecule has 6 nitrogen and oxygen atoms in total. The van der Waals surface area contributed by atoms with E-state index >= 15 is 0 Å². The van der Waals surface area contributed by atoms with Crippen LogP contribution in [0, 0.1) is 0 Å². The third-order valence-electron chi connectivity index (χ3n) is 2.35. The first-order valence-electron chi connectivity index (χ1n) is 5.76. The van der Waals surface area contributed by atoms with Crippen LogP contribution in [0.4, 0.5) is 14.5 Å². The zero-order valence-corrected chi connectivity index (χ0v) is 10.7. The molecule has 0 aromatic heterocycles. The van der Waals surface area contributed by atoms with Crippen molar-refractivity contribution in [2.45, 2.75) is 6.29 Å². The Morgan fingerprint density at radius 2 is 2.05 bits per heavy atom. The second kappa shape index (κ2) is 6.02. The number of rotatable bonds is 6. The van der Waals surface area contributed by atoms with Crippen LogP contribution in [-0.4, -0.2) is 39.1 Å². The number of methoxy groups -OCH3 is 1. The SMILES string of the molecule is COCCOCC(=O)Nc1ccc2c(c1)OC(F)(F)O2. The zero-order chi connectivity index (χ0) is 14.6. The van der Waals surface area contributed by atoms with E-state index in [-0.39, 0.29) is 24.7 Å². The van der Waals surface area contributed by atoms with Gasteiger partial charge in [-0.1, -0.05) is 0 Å². The fourth-order valence-electron chi connectivity index (χ4n) is 1.53. The average molecular weight is 289 g/mol. The highest BCUT2D eigenvalue weighted by Crippen LogP contribution is 2.42. The third kappa shape index (κ3) is 3.78. The van der Waals surface area contributed by atoms with Crippen molar-refractivity contribution in [3.05, 3.63) is 18.2 Å². The Morgan fingerprint density at radius 1 is 1.30 bits per heavy atom. The van der Waals surface area contributed by atoms with Crippen LogP contribution in [0.1, 0.15) is 0 Å². The van der Waals surface area contributed by atoms with Crippen LogP contribution in [0.15, 0.2) is 18.2 Å². The van der Waals surface area contributed by atoms with Gasteiger partial charge in [0, 0.05) is 18.9 Å². The number of nitrogens with one attached hydrogen (secondary N) is 1. The number of carbonyl (C=O) groups excluding carboxylic acids is 1. The molecule has 20 heavy (non-hydrogen) atoms. The molecule has 1 heterocycles. The lowest BCUT2D eigenvalue weighted by atomic mass is 10.3. The van der Waals surface area contributed by atoms with Gasteiger partial charge in [-0.3, -0.25) is 4.79 Å². The first kappa shape index (κ1) is 14.5. The number of ether oxygens (including phenoxy) is 4. The highest BCUT2D eigenvalue weighted by Gasteiger charge is 2.43. The molecule has 0 aliphatic carbocycles. The molecule has 1 aliphatic rings. The lowest BCUT2D eigenvalue weighted by molar-refractivity contribution is -0.286. The van der Waals surface area contributed by atoms with Crippen LogP contribution >= 0.6 is 0 Å². The van der Waals surface area contributed by atoms with Crippen molar-refractivity contribution in [2.24, 2.45) is 0 Å². The van der Waals surface area contributed by atoms with Crippen molar-refractivity contribution in [3.8, 4) is 11.5 Å². The van der Waals surface area contributed by atoms with Gasteiger partial charge in [-0.15, -0.1) is 8.78 Å². The van der Waals surface area contributed by atoms with Gasteiger partial charge in [0.1, 0.15) is 6.61 Å². The number of amides is 1. The molecule has 2 rings (SSSR count). The predicted molar refractivity (Wildman–Crippen MR) is 64.0 cm³/mol. The normalized spacial score (nSPS) is 15.2. The molecule has 8 heteroatoms. The number of anilines is 1. The van der Waals surface area contributed by atoms with Crippen molar-refractivity contribution in [3.63, 3.8) is 0 Å². The van der Waals surface area contributed by atoms with Crippen LogP contribution in [0.3, 0.4) is 0 Å². The number of carbonyl (C=O) groups is 1. The van der Waals surface area contributed by atoms with Gasteiger partial charge in [0.05, 0.1) is 13.2 Å². The molecule has 0 saturated heterocycles. The van der Waals surface area contributed by atoms with E-state index in [0.29, 0.717) is 12.3 Å². The number of halogens is 2. The minimum atomic E-state index is -3.67. The molecule has 1 aromatic carbocycles. The van der Waals surface area contributed by atoms with Crippen molar-refractivity contribution in [1.29, 1.82) is 0 Å². The Bertz CT molecular complexity index is 495. The van der Waals surface area contributed by atoms with Gasteiger partial charge < -0.3 is 24.3 Å². The van der Waals surface area contributed by atoms with Gasteiger partial charge in [0.25, 0.3) is 0 Å². The molecule has 0 atom stereocenters. The summed E-state index contributed by atoms with van der Waals surface area (Å²) in [5.74, 6) is -0.621. The summed E-state index contributed by atoms with van der Waals surface area (Å²) in [6, 6.07) is 3.97. The largest absolute Gasteiger partial charge is 0.586 e. The number of benzene rings is 1. The van der Waals surface area contributed by atoms with E-state index in [1.807, 2.05) is 0 Å². The lowest BCUT2D eigenvalue weighted by Crippen LogP contribution is -2.25. The fraction of sp³-hybridized carbons (Fsp3) is 0.417. The summed E-state index contributed by atoms with van der Waals surface area (Å²) in [5.41, 5.74) is 0.311. The molecule has 0 fully saturated rings. The molecule has 0 unspecified atom stereocenters. The molecule has 1 N–H and O–H groups in total. The summed E-state index contributed by atoms with van der Waals surface area (Å²) in [4.78, 5) is 11.5. The number of hydrogen-bond donors (Lipinski definition) is 1. The topological polar surface area (TPSA) is 66.0 Å². The smallest absolute Gasteiger partial charge is 0.395 e. The van der Waals surface area contributed by atoms with Crippen LogP contribution in [-0.2, 0) is 14.3 Å². The molecule has 0 spiro atoms. The van der Waals surface area contributed by atoms with Crippen molar-refractivity contribution >= 4 is 11.6 Å². The first-order valence-corrected chi connectivity index (χ1v) is 5.76. The first-order chi connectivity index (χ1) is 9.50. The fourth-order valence-corrected chi connectivity index (χ4v) is 1.53. The van der Waals surface area contributed by atoms with E-state index in [1.165, 1.54) is 25.3 Å².